The van der Waals surface area contributed by atoms with Gasteiger partial charge >= 0.3 is 0 Å². The summed E-state index contributed by atoms with van der Waals surface area (Å²) in [5, 5.41) is 6.96. The Bertz CT molecular complexity index is 929. The van der Waals surface area contributed by atoms with E-state index in [4.69, 9.17) is 16.3 Å². The molecule has 1 aromatic heterocycles. The first-order chi connectivity index (χ1) is 12.2. The lowest BCUT2D eigenvalue weighted by Crippen LogP contribution is -2.01. The Balaban J connectivity index is 1.84. The lowest BCUT2D eigenvalue weighted by atomic mass is 10.0. The van der Waals surface area contributed by atoms with Crippen molar-refractivity contribution in [3.8, 4) is 5.75 Å². The van der Waals surface area contributed by atoms with Gasteiger partial charge < -0.3 is 15.4 Å². The lowest BCUT2D eigenvalue weighted by Gasteiger charge is -2.12. The standard InChI is InChI=1S/C19H17ClN4O/c1-25-16-9-13-6-5-12-3-2-4-14(7-12)23-19-21-11-17(20)18(24-19)22-15(8-13)10-16/h2-4,7-11H,5-6H2,1H3,(H2,21,22,23,24). The molecule has 0 saturated heterocycles. The van der Waals surface area contributed by atoms with Crippen molar-refractivity contribution in [1.82, 2.24) is 9.97 Å². The van der Waals surface area contributed by atoms with Gasteiger partial charge in [-0.25, -0.2) is 4.98 Å². The van der Waals surface area contributed by atoms with Gasteiger partial charge in [-0.05, 0) is 48.2 Å². The van der Waals surface area contributed by atoms with Crippen LogP contribution in [0.15, 0.2) is 48.7 Å². The molecule has 5 nitrogen and oxygen atoms in total. The van der Waals surface area contributed by atoms with Crippen LogP contribution in [0.5, 0.6) is 5.75 Å². The van der Waals surface area contributed by atoms with E-state index in [1.807, 2.05) is 18.2 Å². The first-order valence-corrected chi connectivity index (χ1v) is 8.41. The number of rotatable bonds is 1. The summed E-state index contributed by atoms with van der Waals surface area (Å²) in [4.78, 5) is 8.75. The van der Waals surface area contributed by atoms with E-state index in [2.05, 4.69) is 44.9 Å². The molecule has 0 atom stereocenters. The Morgan fingerprint density at radius 3 is 2.72 bits per heavy atom. The summed E-state index contributed by atoms with van der Waals surface area (Å²) < 4.78 is 5.43. The van der Waals surface area contributed by atoms with Gasteiger partial charge in [-0.3, -0.25) is 0 Å². The molecule has 0 saturated carbocycles. The second kappa shape index (κ2) is 6.61. The van der Waals surface area contributed by atoms with E-state index in [-0.39, 0.29) is 0 Å². The predicted molar refractivity (Wildman–Crippen MR) is 100 cm³/mol. The van der Waals surface area contributed by atoms with Gasteiger partial charge in [-0.15, -0.1) is 0 Å². The maximum Gasteiger partial charge on any atom is 0.229 e. The van der Waals surface area contributed by atoms with E-state index in [0.717, 1.165) is 30.0 Å². The molecule has 0 radical (unpaired) electrons. The largest absolute Gasteiger partial charge is 0.497 e. The number of fused-ring (bicyclic) bond motifs is 6. The van der Waals surface area contributed by atoms with Gasteiger partial charge in [0.15, 0.2) is 5.82 Å². The van der Waals surface area contributed by atoms with Crippen molar-refractivity contribution in [2.45, 2.75) is 12.8 Å². The molecule has 6 heteroatoms. The highest BCUT2D eigenvalue weighted by atomic mass is 35.5. The molecule has 0 fully saturated rings. The van der Waals surface area contributed by atoms with Crippen LogP contribution in [-0.2, 0) is 12.8 Å². The minimum atomic E-state index is 0.457. The fourth-order valence-electron chi connectivity index (χ4n) is 2.87. The summed E-state index contributed by atoms with van der Waals surface area (Å²) in [6.07, 6.45) is 3.43. The van der Waals surface area contributed by atoms with Crippen molar-refractivity contribution in [3.05, 3.63) is 64.8 Å². The number of methoxy groups -OCH3 is 1. The molecule has 0 amide bonds. The van der Waals surface area contributed by atoms with Gasteiger partial charge in [0, 0.05) is 17.4 Å². The van der Waals surface area contributed by atoms with Gasteiger partial charge in [0.1, 0.15) is 10.8 Å². The van der Waals surface area contributed by atoms with Gasteiger partial charge in [-0.2, -0.15) is 4.98 Å². The van der Waals surface area contributed by atoms with Crippen molar-refractivity contribution in [3.63, 3.8) is 0 Å². The Labute approximate surface area is 151 Å². The van der Waals surface area contributed by atoms with Crippen LogP contribution in [0.3, 0.4) is 0 Å². The Morgan fingerprint density at radius 2 is 1.84 bits per heavy atom. The fraction of sp³-hybridized carbons (Fsp3) is 0.158. The number of anilines is 4. The van der Waals surface area contributed by atoms with Crippen molar-refractivity contribution in [1.29, 1.82) is 0 Å². The fourth-order valence-corrected chi connectivity index (χ4v) is 3.01. The number of nitrogens with zero attached hydrogens (tertiary/aromatic N) is 2. The summed E-state index contributed by atoms with van der Waals surface area (Å²) in [6, 6.07) is 14.3. The molecule has 2 N–H and O–H groups in total. The first-order valence-electron chi connectivity index (χ1n) is 8.03. The number of nitrogens with one attached hydrogen (secondary N) is 2. The van der Waals surface area contributed by atoms with Crippen LogP contribution in [0.1, 0.15) is 11.1 Å². The van der Waals surface area contributed by atoms with E-state index >= 15 is 0 Å². The highest BCUT2D eigenvalue weighted by Crippen LogP contribution is 2.29. The van der Waals surface area contributed by atoms with Crippen LogP contribution in [0.25, 0.3) is 0 Å². The third-order valence-electron chi connectivity index (χ3n) is 4.09. The molecular formula is C19H17ClN4O. The zero-order chi connectivity index (χ0) is 17.2. The van der Waals surface area contributed by atoms with Crippen LogP contribution < -0.4 is 15.4 Å². The Kier molecular flexibility index (Phi) is 4.15. The van der Waals surface area contributed by atoms with Crippen LogP contribution in [-0.4, -0.2) is 17.1 Å². The number of aromatic nitrogens is 2. The molecule has 1 aliphatic rings. The minimum Gasteiger partial charge on any atom is -0.497 e. The summed E-state index contributed by atoms with van der Waals surface area (Å²) in [6.45, 7) is 0. The van der Waals surface area contributed by atoms with Gasteiger partial charge in [0.05, 0.1) is 13.3 Å². The molecule has 2 aromatic carbocycles. The Morgan fingerprint density at radius 1 is 1.00 bits per heavy atom. The van der Waals surface area contributed by atoms with Crippen molar-refractivity contribution >= 4 is 34.7 Å². The van der Waals surface area contributed by atoms with Crippen LogP contribution >= 0.6 is 11.6 Å². The molecule has 0 spiro atoms. The second-order valence-electron chi connectivity index (χ2n) is 5.91. The molecule has 3 aromatic rings. The van der Waals surface area contributed by atoms with Gasteiger partial charge in [-0.1, -0.05) is 23.7 Å². The SMILES string of the molecule is COc1cc2cc(c1)Nc1nc(ncc1Cl)Nc1cccc(c1)CC2. The zero-order valence-corrected chi connectivity index (χ0v) is 14.5. The summed E-state index contributed by atoms with van der Waals surface area (Å²) in [5.74, 6) is 1.84. The van der Waals surface area contributed by atoms with Crippen LogP contribution in [0.2, 0.25) is 5.02 Å². The smallest absolute Gasteiger partial charge is 0.229 e. The number of ether oxygens (including phenoxy) is 1. The molecule has 1 aliphatic heterocycles. The number of benzene rings is 2. The second-order valence-corrected chi connectivity index (χ2v) is 6.32. The molecule has 2 heterocycles. The lowest BCUT2D eigenvalue weighted by molar-refractivity contribution is 0.414. The average Bonchev–Trinajstić information content (AvgIpc) is 2.63. The topological polar surface area (TPSA) is 59.1 Å². The Hall–Kier alpha value is -2.79. The molecular weight excluding hydrogens is 336 g/mol. The number of halogens is 1. The van der Waals surface area contributed by atoms with E-state index in [9.17, 15) is 0 Å². The molecule has 0 unspecified atom stereocenters. The monoisotopic (exact) mass is 352 g/mol. The maximum atomic E-state index is 6.26. The third-order valence-corrected chi connectivity index (χ3v) is 4.37. The molecule has 4 rings (SSSR count). The van der Waals surface area contributed by atoms with Crippen LogP contribution in [0, 0.1) is 0 Å². The van der Waals surface area contributed by atoms with Crippen molar-refractivity contribution in [2.24, 2.45) is 0 Å². The number of hydrogen-bond donors (Lipinski definition) is 2. The van der Waals surface area contributed by atoms with E-state index in [0.29, 0.717) is 16.8 Å². The zero-order valence-electron chi connectivity index (χ0n) is 13.7. The van der Waals surface area contributed by atoms with E-state index in [1.165, 1.54) is 11.1 Å². The van der Waals surface area contributed by atoms with Crippen molar-refractivity contribution < 1.29 is 4.74 Å². The summed E-state index contributed by atoms with van der Waals surface area (Å²) in [5.41, 5.74) is 4.27. The van der Waals surface area contributed by atoms with Gasteiger partial charge in [0.2, 0.25) is 5.95 Å². The molecule has 25 heavy (non-hydrogen) atoms. The minimum absolute atomic E-state index is 0.457. The van der Waals surface area contributed by atoms with E-state index < -0.39 is 0 Å². The third kappa shape index (κ3) is 3.51. The number of aryl methyl sites for hydroxylation is 2. The molecule has 0 aliphatic carbocycles. The first kappa shape index (κ1) is 15.7. The highest BCUT2D eigenvalue weighted by molar-refractivity contribution is 6.32. The highest BCUT2D eigenvalue weighted by Gasteiger charge is 2.10. The molecule has 6 bridgehead atoms. The van der Waals surface area contributed by atoms with Gasteiger partial charge in [0.25, 0.3) is 0 Å². The maximum absolute atomic E-state index is 6.26. The predicted octanol–water partition coefficient (Wildman–Crippen LogP) is 4.72. The normalized spacial score (nSPS) is 12.7. The van der Waals surface area contributed by atoms with Crippen molar-refractivity contribution in [2.75, 3.05) is 17.7 Å². The van der Waals surface area contributed by atoms with Crippen LogP contribution in [0.4, 0.5) is 23.1 Å². The summed E-state index contributed by atoms with van der Waals surface area (Å²) >= 11 is 6.26. The average molecular weight is 353 g/mol. The number of hydrogen-bond acceptors (Lipinski definition) is 5. The quantitative estimate of drug-likeness (QED) is 0.663. The van der Waals surface area contributed by atoms with E-state index in [1.54, 1.807) is 13.3 Å². The molecule has 126 valence electrons. The summed E-state index contributed by atoms with van der Waals surface area (Å²) in [7, 11) is 1.67.